The quantitative estimate of drug-likeness (QED) is 0.754. The van der Waals surface area contributed by atoms with E-state index in [1.165, 1.54) is 30.1 Å². The maximum atomic E-state index is 13.1. The summed E-state index contributed by atoms with van der Waals surface area (Å²) in [6.45, 7) is 1.42. The molecule has 0 aliphatic carbocycles. The van der Waals surface area contributed by atoms with Gasteiger partial charge in [0.05, 0.1) is 5.02 Å². The first-order valence-electron chi connectivity index (χ1n) is 8.15. The minimum Gasteiger partial charge on any atom is -0.482 e. The van der Waals surface area contributed by atoms with E-state index in [4.69, 9.17) is 27.9 Å². The van der Waals surface area contributed by atoms with Gasteiger partial charge in [0.1, 0.15) is 17.6 Å². The van der Waals surface area contributed by atoms with Crippen molar-refractivity contribution < 1.29 is 18.7 Å². The van der Waals surface area contributed by atoms with E-state index >= 15 is 0 Å². The van der Waals surface area contributed by atoms with Gasteiger partial charge in [-0.1, -0.05) is 35.3 Å². The van der Waals surface area contributed by atoms with Crippen LogP contribution in [0.1, 0.15) is 12.5 Å². The number of ether oxygens (including phenoxy) is 1. The van der Waals surface area contributed by atoms with Gasteiger partial charge in [-0.3, -0.25) is 9.59 Å². The van der Waals surface area contributed by atoms with E-state index in [9.17, 15) is 14.0 Å². The lowest BCUT2D eigenvalue weighted by Gasteiger charge is -2.28. The highest BCUT2D eigenvalue weighted by Gasteiger charge is 2.26. The summed E-state index contributed by atoms with van der Waals surface area (Å²) in [6, 6.07) is 9.63. The Hall–Kier alpha value is -2.31. The Labute approximate surface area is 167 Å². The van der Waals surface area contributed by atoms with Crippen LogP contribution >= 0.6 is 23.2 Å². The Bertz CT molecular complexity index is 815. The molecule has 8 heteroatoms. The minimum absolute atomic E-state index is 0.130. The molecule has 0 spiro atoms. The lowest BCUT2D eigenvalue weighted by Crippen LogP contribution is -2.48. The normalized spacial score (nSPS) is 11.6. The standard InChI is InChI=1S/C19H19Cl2FN2O3/c1-12(19(26)23-2)24(10-13-3-6-15(22)7-4-13)18(25)11-27-17-8-5-14(20)9-16(17)21/h3-9,12H,10-11H2,1-2H3,(H,23,26). The second-order valence-corrected chi connectivity index (χ2v) is 6.65. The maximum absolute atomic E-state index is 13.1. The molecule has 2 rings (SSSR count). The van der Waals surface area contributed by atoms with Gasteiger partial charge in [-0.2, -0.15) is 0 Å². The van der Waals surface area contributed by atoms with Crippen LogP contribution in [0.5, 0.6) is 5.75 Å². The van der Waals surface area contributed by atoms with Gasteiger partial charge < -0.3 is 15.0 Å². The predicted molar refractivity (Wildman–Crippen MR) is 102 cm³/mol. The molecule has 0 aliphatic rings. The van der Waals surface area contributed by atoms with Crippen molar-refractivity contribution in [3.63, 3.8) is 0 Å². The molecule has 2 aromatic carbocycles. The third-order valence-electron chi connectivity index (χ3n) is 3.92. The van der Waals surface area contributed by atoms with Crippen LogP contribution in [0.4, 0.5) is 4.39 Å². The molecule has 0 aromatic heterocycles. The number of carbonyl (C=O) groups is 2. The fourth-order valence-electron chi connectivity index (χ4n) is 2.39. The van der Waals surface area contributed by atoms with Crippen molar-refractivity contribution in [3.8, 4) is 5.75 Å². The first kappa shape index (κ1) is 21.0. The molecular formula is C19H19Cl2FN2O3. The highest BCUT2D eigenvalue weighted by molar-refractivity contribution is 6.35. The number of hydrogen-bond donors (Lipinski definition) is 1. The van der Waals surface area contributed by atoms with Crippen molar-refractivity contribution in [1.82, 2.24) is 10.2 Å². The van der Waals surface area contributed by atoms with Crippen LogP contribution in [0.2, 0.25) is 10.0 Å². The van der Waals surface area contributed by atoms with Crippen LogP contribution in [0.25, 0.3) is 0 Å². The maximum Gasteiger partial charge on any atom is 0.261 e. The highest BCUT2D eigenvalue weighted by Crippen LogP contribution is 2.27. The molecule has 144 valence electrons. The van der Waals surface area contributed by atoms with Crippen LogP contribution in [-0.4, -0.2) is 36.4 Å². The summed E-state index contributed by atoms with van der Waals surface area (Å²) in [5.41, 5.74) is 0.685. The fourth-order valence-corrected chi connectivity index (χ4v) is 2.86. The molecule has 0 saturated heterocycles. The number of carbonyl (C=O) groups excluding carboxylic acids is 2. The summed E-state index contributed by atoms with van der Waals surface area (Å²) < 4.78 is 18.6. The molecule has 0 bridgehead atoms. The Kier molecular flexibility index (Phi) is 7.45. The minimum atomic E-state index is -0.739. The lowest BCUT2D eigenvalue weighted by atomic mass is 10.1. The summed E-state index contributed by atoms with van der Waals surface area (Å²) >= 11 is 11.9. The van der Waals surface area contributed by atoms with E-state index in [0.717, 1.165) is 0 Å². The molecule has 1 N–H and O–H groups in total. The second-order valence-electron chi connectivity index (χ2n) is 5.80. The van der Waals surface area contributed by atoms with Gasteiger partial charge in [-0.05, 0) is 42.8 Å². The summed E-state index contributed by atoms with van der Waals surface area (Å²) in [6.07, 6.45) is 0. The topological polar surface area (TPSA) is 58.6 Å². The molecule has 2 aromatic rings. The molecule has 0 radical (unpaired) electrons. The number of amides is 2. The van der Waals surface area contributed by atoms with Crippen molar-refractivity contribution >= 4 is 35.0 Å². The molecule has 5 nitrogen and oxygen atoms in total. The van der Waals surface area contributed by atoms with E-state index in [0.29, 0.717) is 16.3 Å². The SMILES string of the molecule is CNC(=O)C(C)N(Cc1ccc(F)cc1)C(=O)COc1ccc(Cl)cc1Cl. The Morgan fingerprint density at radius 1 is 1.19 bits per heavy atom. The number of rotatable bonds is 7. The van der Waals surface area contributed by atoms with Gasteiger partial charge in [-0.15, -0.1) is 0 Å². The monoisotopic (exact) mass is 412 g/mol. The average molecular weight is 413 g/mol. The largest absolute Gasteiger partial charge is 0.482 e. The number of hydrogen-bond acceptors (Lipinski definition) is 3. The van der Waals surface area contributed by atoms with Gasteiger partial charge >= 0.3 is 0 Å². The van der Waals surface area contributed by atoms with Crippen LogP contribution in [-0.2, 0) is 16.1 Å². The number of likely N-dealkylation sites (N-methyl/N-ethyl adjacent to an activating group) is 1. The first-order valence-corrected chi connectivity index (χ1v) is 8.90. The van der Waals surface area contributed by atoms with Crippen molar-refractivity contribution in [1.29, 1.82) is 0 Å². The molecule has 0 fully saturated rings. The Balaban J connectivity index is 2.14. The third kappa shape index (κ3) is 5.84. The lowest BCUT2D eigenvalue weighted by molar-refractivity contribution is -0.142. The van der Waals surface area contributed by atoms with E-state index in [1.807, 2.05) is 0 Å². The highest BCUT2D eigenvalue weighted by atomic mass is 35.5. The van der Waals surface area contributed by atoms with Crippen molar-refractivity contribution in [2.24, 2.45) is 0 Å². The number of nitrogens with one attached hydrogen (secondary N) is 1. The molecule has 27 heavy (non-hydrogen) atoms. The molecule has 2 amide bonds. The van der Waals surface area contributed by atoms with Crippen molar-refractivity contribution in [2.75, 3.05) is 13.7 Å². The van der Waals surface area contributed by atoms with Crippen LogP contribution in [0, 0.1) is 5.82 Å². The molecule has 0 heterocycles. The van der Waals surface area contributed by atoms with E-state index in [1.54, 1.807) is 31.2 Å². The summed E-state index contributed by atoms with van der Waals surface area (Å²) in [4.78, 5) is 26.1. The second kappa shape index (κ2) is 9.58. The van der Waals surface area contributed by atoms with Crippen LogP contribution in [0.15, 0.2) is 42.5 Å². The van der Waals surface area contributed by atoms with Crippen molar-refractivity contribution in [2.45, 2.75) is 19.5 Å². The van der Waals surface area contributed by atoms with Gasteiger partial charge in [0.2, 0.25) is 5.91 Å². The van der Waals surface area contributed by atoms with E-state index < -0.39 is 11.9 Å². The Morgan fingerprint density at radius 2 is 1.85 bits per heavy atom. The molecule has 1 atom stereocenters. The summed E-state index contributed by atoms with van der Waals surface area (Å²) in [7, 11) is 1.49. The molecule has 0 saturated carbocycles. The molecule has 1 unspecified atom stereocenters. The zero-order valence-corrected chi connectivity index (χ0v) is 16.4. The third-order valence-corrected chi connectivity index (χ3v) is 4.46. The van der Waals surface area contributed by atoms with Crippen LogP contribution < -0.4 is 10.1 Å². The smallest absolute Gasteiger partial charge is 0.261 e. The van der Waals surface area contributed by atoms with E-state index in [2.05, 4.69) is 5.32 Å². The van der Waals surface area contributed by atoms with Crippen molar-refractivity contribution in [3.05, 3.63) is 63.9 Å². The zero-order valence-electron chi connectivity index (χ0n) is 14.8. The van der Waals surface area contributed by atoms with Crippen LogP contribution in [0.3, 0.4) is 0 Å². The predicted octanol–water partition coefficient (Wildman–Crippen LogP) is 3.67. The summed E-state index contributed by atoms with van der Waals surface area (Å²) in [5.74, 6) is -0.808. The number of nitrogens with zero attached hydrogens (tertiary/aromatic N) is 1. The molecule has 0 aliphatic heterocycles. The summed E-state index contributed by atoms with van der Waals surface area (Å²) in [5, 5.41) is 3.24. The van der Waals surface area contributed by atoms with E-state index in [-0.39, 0.29) is 29.9 Å². The Morgan fingerprint density at radius 3 is 2.44 bits per heavy atom. The van der Waals surface area contributed by atoms with Gasteiger partial charge in [0.15, 0.2) is 6.61 Å². The average Bonchev–Trinajstić information content (AvgIpc) is 2.65. The fraction of sp³-hybridized carbons (Fsp3) is 0.263. The number of halogens is 3. The van der Waals surface area contributed by atoms with Gasteiger partial charge in [0, 0.05) is 18.6 Å². The first-order chi connectivity index (χ1) is 12.8. The zero-order chi connectivity index (χ0) is 20.0. The van der Waals surface area contributed by atoms with Gasteiger partial charge in [-0.25, -0.2) is 4.39 Å². The molecular weight excluding hydrogens is 394 g/mol. The number of benzene rings is 2. The van der Waals surface area contributed by atoms with Gasteiger partial charge in [0.25, 0.3) is 5.91 Å².